The van der Waals surface area contributed by atoms with Crippen LogP contribution in [0.3, 0.4) is 0 Å². The molecule has 0 atom stereocenters. The minimum absolute atomic E-state index is 0.0855. The van der Waals surface area contributed by atoms with Crippen molar-refractivity contribution in [3.8, 4) is 11.1 Å². The van der Waals surface area contributed by atoms with Crippen molar-refractivity contribution in [1.82, 2.24) is 0 Å². The summed E-state index contributed by atoms with van der Waals surface area (Å²) < 4.78 is 19.9. The summed E-state index contributed by atoms with van der Waals surface area (Å²) in [6, 6.07) is 11.3. The van der Waals surface area contributed by atoms with Gasteiger partial charge in [0.15, 0.2) is 0 Å². The predicted molar refractivity (Wildman–Crippen MR) is 89.6 cm³/mol. The van der Waals surface area contributed by atoms with Crippen molar-refractivity contribution in [2.24, 2.45) is 0 Å². The second kappa shape index (κ2) is 6.05. The zero-order valence-electron chi connectivity index (χ0n) is 12.0. The molecule has 0 saturated carbocycles. The van der Waals surface area contributed by atoms with Crippen molar-refractivity contribution in [3.05, 3.63) is 68.7 Å². The first kappa shape index (κ1) is 15.0. The summed E-state index contributed by atoms with van der Waals surface area (Å²) in [6.45, 7) is 2.03. The van der Waals surface area contributed by atoms with E-state index in [4.69, 9.17) is 4.42 Å². The largest absolute Gasteiger partial charge is 0.460 e. The minimum atomic E-state index is -0.325. The van der Waals surface area contributed by atoms with Crippen molar-refractivity contribution >= 4 is 26.9 Å². The molecule has 0 spiro atoms. The number of aryl methyl sites for hydroxylation is 1. The molecule has 0 fully saturated rings. The smallest absolute Gasteiger partial charge is 0.200 e. The number of rotatable bonds is 3. The average molecular weight is 361 g/mol. The SMILES string of the molecule is CCCc1oc2ccc(Br)cc2c(=O)c1-c1ccc(F)cc1. The highest BCUT2D eigenvalue weighted by Crippen LogP contribution is 2.27. The Balaban J connectivity index is 2.34. The van der Waals surface area contributed by atoms with Crippen LogP contribution >= 0.6 is 15.9 Å². The summed E-state index contributed by atoms with van der Waals surface area (Å²) in [4.78, 5) is 12.9. The first-order valence-electron chi connectivity index (χ1n) is 7.11. The Morgan fingerprint density at radius 3 is 2.55 bits per heavy atom. The minimum Gasteiger partial charge on any atom is -0.460 e. The molecule has 0 unspecified atom stereocenters. The first-order chi connectivity index (χ1) is 10.6. The van der Waals surface area contributed by atoms with Crippen LogP contribution in [0.15, 0.2) is 56.1 Å². The van der Waals surface area contributed by atoms with E-state index in [-0.39, 0.29) is 11.2 Å². The van der Waals surface area contributed by atoms with Crippen molar-refractivity contribution < 1.29 is 8.81 Å². The van der Waals surface area contributed by atoms with Gasteiger partial charge in [-0.2, -0.15) is 0 Å². The molecule has 3 aromatic rings. The van der Waals surface area contributed by atoms with Crippen LogP contribution in [0, 0.1) is 5.82 Å². The van der Waals surface area contributed by atoms with E-state index in [0.717, 1.165) is 10.9 Å². The van der Waals surface area contributed by atoms with E-state index in [1.165, 1.54) is 12.1 Å². The highest BCUT2D eigenvalue weighted by Gasteiger charge is 2.16. The maximum atomic E-state index is 13.1. The van der Waals surface area contributed by atoms with Crippen LogP contribution in [0.5, 0.6) is 0 Å². The van der Waals surface area contributed by atoms with Gasteiger partial charge >= 0.3 is 0 Å². The highest BCUT2D eigenvalue weighted by atomic mass is 79.9. The summed E-state index contributed by atoms with van der Waals surface area (Å²) in [6.07, 6.45) is 1.52. The van der Waals surface area contributed by atoms with E-state index < -0.39 is 0 Å². The molecule has 112 valence electrons. The van der Waals surface area contributed by atoms with Crippen molar-refractivity contribution in [1.29, 1.82) is 0 Å². The van der Waals surface area contributed by atoms with Crippen LogP contribution in [0.25, 0.3) is 22.1 Å². The fourth-order valence-corrected chi connectivity index (χ4v) is 2.89. The highest BCUT2D eigenvalue weighted by molar-refractivity contribution is 9.10. The number of hydrogen-bond acceptors (Lipinski definition) is 2. The van der Waals surface area contributed by atoms with Gasteiger partial charge in [-0.1, -0.05) is 35.0 Å². The molecule has 0 aliphatic carbocycles. The molecule has 0 saturated heterocycles. The Bertz CT molecular complexity index is 882. The number of benzene rings is 2. The molecule has 2 aromatic carbocycles. The van der Waals surface area contributed by atoms with Crippen LogP contribution in [-0.2, 0) is 6.42 Å². The lowest BCUT2D eigenvalue weighted by Crippen LogP contribution is -2.09. The summed E-state index contributed by atoms with van der Waals surface area (Å²) in [5.41, 5.74) is 1.69. The van der Waals surface area contributed by atoms with E-state index in [1.54, 1.807) is 24.3 Å². The number of halogens is 2. The molecule has 2 nitrogen and oxygen atoms in total. The standard InChI is InChI=1S/C18H14BrFO2/c1-2-3-16-17(11-4-7-13(20)8-5-11)18(21)14-10-12(19)6-9-15(14)22-16/h4-10H,2-3H2,1H3. The quantitative estimate of drug-likeness (QED) is 0.633. The molecule has 1 aromatic heterocycles. The normalized spacial score (nSPS) is 11.0. The van der Waals surface area contributed by atoms with Gasteiger partial charge in [-0.15, -0.1) is 0 Å². The fourth-order valence-electron chi connectivity index (χ4n) is 2.53. The second-order valence-corrected chi connectivity index (χ2v) is 6.04. The lowest BCUT2D eigenvalue weighted by Gasteiger charge is -2.10. The van der Waals surface area contributed by atoms with Crippen LogP contribution in [0.1, 0.15) is 19.1 Å². The molecule has 22 heavy (non-hydrogen) atoms. The Labute approximate surface area is 135 Å². The Hall–Kier alpha value is -1.94. The Morgan fingerprint density at radius 1 is 1.14 bits per heavy atom. The third-order valence-corrected chi connectivity index (χ3v) is 4.03. The molecule has 0 radical (unpaired) electrons. The zero-order chi connectivity index (χ0) is 15.7. The molecule has 0 aliphatic rings. The molecule has 3 rings (SSSR count). The van der Waals surface area contributed by atoms with Gasteiger partial charge in [-0.05, 0) is 42.3 Å². The van der Waals surface area contributed by atoms with Gasteiger partial charge in [0.2, 0.25) is 5.43 Å². The molecule has 0 bridgehead atoms. The van der Waals surface area contributed by atoms with Crippen molar-refractivity contribution in [3.63, 3.8) is 0 Å². The molecule has 4 heteroatoms. The molecule has 1 heterocycles. The Morgan fingerprint density at radius 2 is 1.86 bits per heavy atom. The fraction of sp³-hybridized carbons (Fsp3) is 0.167. The monoisotopic (exact) mass is 360 g/mol. The zero-order valence-corrected chi connectivity index (χ0v) is 13.6. The predicted octanol–water partition coefficient (Wildman–Crippen LogP) is 5.31. The maximum absolute atomic E-state index is 13.1. The Kier molecular flexibility index (Phi) is 4.12. The van der Waals surface area contributed by atoms with Gasteiger partial charge < -0.3 is 4.42 Å². The second-order valence-electron chi connectivity index (χ2n) is 5.13. The van der Waals surface area contributed by atoms with E-state index >= 15 is 0 Å². The molecular weight excluding hydrogens is 347 g/mol. The topological polar surface area (TPSA) is 30.2 Å². The van der Waals surface area contributed by atoms with Crippen molar-refractivity contribution in [2.45, 2.75) is 19.8 Å². The van der Waals surface area contributed by atoms with Crippen LogP contribution in [0.4, 0.5) is 4.39 Å². The molecular formula is C18H14BrFO2. The van der Waals surface area contributed by atoms with Crippen LogP contribution in [-0.4, -0.2) is 0 Å². The summed E-state index contributed by atoms with van der Waals surface area (Å²) in [7, 11) is 0. The van der Waals surface area contributed by atoms with E-state index in [2.05, 4.69) is 15.9 Å². The number of fused-ring (bicyclic) bond motifs is 1. The lowest BCUT2D eigenvalue weighted by molar-refractivity contribution is 0.534. The molecule has 0 N–H and O–H groups in total. The van der Waals surface area contributed by atoms with Gasteiger partial charge in [0.1, 0.15) is 17.2 Å². The van der Waals surface area contributed by atoms with E-state index in [0.29, 0.717) is 34.3 Å². The summed E-state index contributed by atoms with van der Waals surface area (Å²) >= 11 is 3.38. The third-order valence-electron chi connectivity index (χ3n) is 3.54. The van der Waals surface area contributed by atoms with Gasteiger partial charge in [0.05, 0.1) is 10.9 Å². The maximum Gasteiger partial charge on any atom is 0.200 e. The van der Waals surface area contributed by atoms with E-state index in [9.17, 15) is 9.18 Å². The van der Waals surface area contributed by atoms with Gasteiger partial charge in [-0.25, -0.2) is 4.39 Å². The van der Waals surface area contributed by atoms with Crippen LogP contribution in [0.2, 0.25) is 0 Å². The van der Waals surface area contributed by atoms with E-state index in [1.807, 2.05) is 13.0 Å². The lowest BCUT2D eigenvalue weighted by atomic mass is 10.00. The molecule has 0 amide bonds. The summed E-state index contributed by atoms with van der Waals surface area (Å²) in [5.74, 6) is 0.322. The van der Waals surface area contributed by atoms with Gasteiger partial charge in [0.25, 0.3) is 0 Å². The van der Waals surface area contributed by atoms with Gasteiger partial charge in [-0.3, -0.25) is 4.79 Å². The summed E-state index contributed by atoms with van der Waals surface area (Å²) in [5, 5.41) is 0.522. The third kappa shape index (κ3) is 2.71. The molecule has 0 aliphatic heterocycles. The average Bonchev–Trinajstić information content (AvgIpc) is 2.50. The first-order valence-corrected chi connectivity index (χ1v) is 7.90. The van der Waals surface area contributed by atoms with Crippen molar-refractivity contribution in [2.75, 3.05) is 0 Å². The van der Waals surface area contributed by atoms with Gasteiger partial charge in [0, 0.05) is 10.9 Å². The van der Waals surface area contributed by atoms with Crippen LogP contribution < -0.4 is 5.43 Å². The number of hydrogen-bond donors (Lipinski definition) is 0.